The van der Waals surface area contributed by atoms with Crippen molar-refractivity contribution < 1.29 is 9.90 Å². The van der Waals surface area contributed by atoms with E-state index >= 15 is 0 Å². The first kappa shape index (κ1) is 7.58. The van der Waals surface area contributed by atoms with E-state index in [1.807, 2.05) is 0 Å². The summed E-state index contributed by atoms with van der Waals surface area (Å²) in [6.07, 6.45) is 4.55. The fourth-order valence-electron chi connectivity index (χ4n) is 1.65. The molecule has 2 heteroatoms. The van der Waals surface area contributed by atoms with Crippen LogP contribution in [0.2, 0.25) is 0 Å². The van der Waals surface area contributed by atoms with E-state index in [2.05, 4.69) is 0 Å². The molecule has 1 aliphatic carbocycles. The molecule has 0 bridgehead atoms. The Morgan fingerprint density at radius 1 is 1.50 bits per heavy atom. The predicted molar refractivity (Wildman–Crippen MR) is 36.1 cm³/mol. The molecule has 10 heavy (non-hydrogen) atoms. The Hall–Kier alpha value is -0.530. The van der Waals surface area contributed by atoms with E-state index in [1.165, 1.54) is 12.8 Å². The molecule has 0 spiro atoms. The summed E-state index contributed by atoms with van der Waals surface area (Å²) in [4.78, 5) is 10.4. The Morgan fingerprint density at radius 2 is 2.00 bits per heavy atom. The lowest BCUT2D eigenvalue weighted by molar-refractivity contribution is -0.312. The van der Waals surface area contributed by atoms with Crippen LogP contribution in [0.25, 0.3) is 0 Å². The summed E-state index contributed by atoms with van der Waals surface area (Å²) < 4.78 is 0. The summed E-state index contributed by atoms with van der Waals surface area (Å²) in [5, 5.41) is 10.4. The van der Waals surface area contributed by atoms with E-state index in [1.54, 1.807) is 6.92 Å². The Bertz CT molecular complexity index is 125. The number of hydrogen-bond donors (Lipinski definition) is 0. The van der Waals surface area contributed by atoms with Crippen LogP contribution in [0, 0.1) is 11.8 Å². The van der Waals surface area contributed by atoms with Gasteiger partial charge in [-0.05, 0) is 24.7 Å². The number of carbonyl (C=O) groups is 1. The fraction of sp³-hybridized carbons (Fsp3) is 0.875. The van der Waals surface area contributed by atoms with Gasteiger partial charge in [0.25, 0.3) is 0 Å². The van der Waals surface area contributed by atoms with E-state index in [-0.39, 0.29) is 5.92 Å². The van der Waals surface area contributed by atoms with Gasteiger partial charge in [-0.25, -0.2) is 0 Å². The molecule has 0 aromatic carbocycles. The van der Waals surface area contributed by atoms with E-state index < -0.39 is 5.97 Å². The first-order chi connectivity index (χ1) is 4.72. The van der Waals surface area contributed by atoms with Crippen molar-refractivity contribution in [3.8, 4) is 0 Å². The highest BCUT2D eigenvalue weighted by molar-refractivity contribution is 5.67. The molecule has 0 amide bonds. The van der Waals surface area contributed by atoms with Gasteiger partial charge in [-0.15, -0.1) is 0 Å². The molecule has 1 fully saturated rings. The molecular weight excluding hydrogens is 128 g/mol. The zero-order valence-corrected chi connectivity index (χ0v) is 6.30. The van der Waals surface area contributed by atoms with Crippen LogP contribution in [0.5, 0.6) is 0 Å². The lowest BCUT2D eigenvalue weighted by atomic mass is 9.93. The quantitative estimate of drug-likeness (QED) is 0.563. The Balaban J connectivity index is 2.39. The first-order valence-corrected chi connectivity index (χ1v) is 3.92. The summed E-state index contributed by atoms with van der Waals surface area (Å²) in [6, 6.07) is 0. The number of carbonyl (C=O) groups excluding carboxylic acids is 1. The molecule has 1 rings (SSSR count). The standard InChI is InChI=1S/C8H14O2/c1-6(8(9)10)7-4-2-3-5-7/h6-7H,2-5H2,1H3,(H,9,10)/p-1. The topological polar surface area (TPSA) is 40.1 Å². The SMILES string of the molecule is CC(C(=O)[O-])C1CCCC1. The van der Waals surface area contributed by atoms with E-state index in [9.17, 15) is 9.90 Å². The number of hydrogen-bond acceptors (Lipinski definition) is 2. The van der Waals surface area contributed by atoms with Gasteiger partial charge in [0.05, 0.1) is 0 Å². The van der Waals surface area contributed by atoms with Crippen molar-refractivity contribution >= 4 is 5.97 Å². The van der Waals surface area contributed by atoms with Crippen LogP contribution in [-0.2, 0) is 4.79 Å². The van der Waals surface area contributed by atoms with Gasteiger partial charge in [0.1, 0.15) is 0 Å². The molecule has 1 unspecified atom stereocenters. The minimum absolute atomic E-state index is 0.234. The highest BCUT2D eigenvalue weighted by Gasteiger charge is 2.21. The maximum absolute atomic E-state index is 10.4. The van der Waals surface area contributed by atoms with Crippen LogP contribution in [0.3, 0.4) is 0 Å². The second-order valence-corrected chi connectivity index (χ2v) is 3.15. The van der Waals surface area contributed by atoms with E-state index in [4.69, 9.17) is 0 Å². The zero-order valence-electron chi connectivity index (χ0n) is 6.30. The van der Waals surface area contributed by atoms with Crippen LogP contribution in [-0.4, -0.2) is 5.97 Å². The van der Waals surface area contributed by atoms with Gasteiger partial charge < -0.3 is 9.90 Å². The van der Waals surface area contributed by atoms with Crippen molar-refractivity contribution in [3.63, 3.8) is 0 Å². The van der Waals surface area contributed by atoms with Gasteiger partial charge in [-0.1, -0.05) is 19.8 Å². The van der Waals surface area contributed by atoms with Crippen LogP contribution >= 0.6 is 0 Å². The monoisotopic (exact) mass is 141 g/mol. The lowest BCUT2D eigenvalue weighted by Gasteiger charge is -2.18. The van der Waals surface area contributed by atoms with Crippen molar-refractivity contribution in [2.24, 2.45) is 11.8 Å². The molecule has 0 N–H and O–H groups in total. The molecule has 1 atom stereocenters. The number of carboxylic acid groups (broad SMARTS) is 1. The van der Waals surface area contributed by atoms with Gasteiger partial charge in [0.15, 0.2) is 0 Å². The average Bonchev–Trinajstić information content (AvgIpc) is 2.36. The van der Waals surface area contributed by atoms with Gasteiger partial charge in [0, 0.05) is 5.97 Å². The van der Waals surface area contributed by atoms with Gasteiger partial charge >= 0.3 is 0 Å². The smallest absolute Gasteiger partial charge is 0.0445 e. The molecule has 0 aromatic heterocycles. The Kier molecular flexibility index (Phi) is 2.30. The third-order valence-electron chi connectivity index (χ3n) is 2.48. The van der Waals surface area contributed by atoms with Crippen molar-refractivity contribution in [1.82, 2.24) is 0 Å². The van der Waals surface area contributed by atoms with Crippen molar-refractivity contribution in [3.05, 3.63) is 0 Å². The molecule has 0 heterocycles. The second-order valence-electron chi connectivity index (χ2n) is 3.15. The zero-order chi connectivity index (χ0) is 7.56. The summed E-state index contributed by atoms with van der Waals surface area (Å²) in [6.45, 7) is 1.76. The summed E-state index contributed by atoms with van der Waals surface area (Å²) in [5.74, 6) is -0.723. The largest absolute Gasteiger partial charge is 0.550 e. The Morgan fingerprint density at radius 3 is 2.40 bits per heavy atom. The molecule has 2 nitrogen and oxygen atoms in total. The molecule has 0 saturated heterocycles. The first-order valence-electron chi connectivity index (χ1n) is 3.92. The summed E-state index contributed by atoms with van der Waals surface area (Å²) in [5.41, 5.74) is 0. The summed E-state index contributed by atoms with van der Waals surface area (Å²) in [7, 11) is 0. The van der Waals surface area contributed by atoms with Gasteiger partial charge in [-0.2, -0.15) is 0 Å². The third kappa shape index (κ3) is 1.49. The predicted octanol–water partition coefficient (Wildman–Crippen LogP) is 0.563. The maximum atomic E-state index is 10.4. The molecule has 0 radical (unpaired) electrons. The average molecular weight is 141 g/mol. The molecular formula is C8H13O2-. The van der Waals surface area contributed by atoms with Crippen LogP contribution in [0.15, 0.2) is 0 Å². The maximum Gasteiger partial charge on any atom is 0.0445 e. The third-order valence-corrected chi connectivity index (χ3v) is 2.48. The molecule has 0 aromatic rings. The molecule has 1 aliphatic rings. The van der Waals surface area contributed by atoms with Crippen LogP contribution < -0.4 is 5.11 Å². The molecule has 1 saturated carbocycles. The number of rotatable bonds is 2. The van der Waals surface area contributed by atoms with Crippen LogP contribution in [0.1, 0.15) is 32.6 Å². The van der Waals surface area contributed by atoms with Crippen molar-refractivity contribution in [2.45, 2.75) is 32.6 Å². The van der Waals surface area contributed by atoms with Gasteiger partial charge in [-0.3, -0.25) is 0 Å². The number of carboxylic acids is 1. The summed E-state index contributed by atoms with van der Waals surface area (Å²) >= 11 is 0. The Labute approximate surface area is 61.2 Å². The fourth-order valence-corrected chi connectivity index (χ4v) is 1.65. The minimum Gasteiger partial charge on any atom is -0.550 e. The van der Waals surface area contributed by atoms with E-state index in [0.717, 1.165) is 12.8 Å². The highest BCUT2D eigenvalue weighted by Crippen LogP contribution is 2.30. The van der Waals surface area contributed by atoms with Crippen LogP contribution in [0.4, 0.5) is 0 Å². The van der Waals surface area contributed by atoms with Crippen molar-refractivity contribution in [1.29, 1.82) is 0 Å². The normalized spacial score (nSPS) is 22.9. The molecule has 58 valence electrons. The molecule has 0 aliphatic heterocycles. The van der Waals surface area contributed by atoms with E-state index in [0.29, 0.717) is 5.92 Å². The number of aliphatic carboxylic acids is 1. The van der Waals surface area contributed by atoms with Gasteiger partial charge in [0.2, 0.25) is 0 Å². The lowest BCUT2D eigenvalue weighted by Crippen LogP contribution is -2.33. The minimum atomic E-state index is -0.882. The van der Waals surface area contributed by atoms with Crippen molar-refractivity contribution in [2.75, 3.05) is 0 Å². The highest BCUT2D eigenvalue weighted by atomic mass is 16.4. The second kappa shape index (κ2) is 3.04.